The van der Waals surface area contributed by atoms with E-state index in [1.165, 1.54) is 4.88 Å². The first-order valence-corrected chi connectivity index (χ1v) is 4.74. The van der Waals surface area contributed by atoms with Crippen LogP contribution in [0.25, 0.3) is 0 Å². The van der Waals surface area contributed by atoms with Crippen LogP contribution >= 0.6 is 11.3 Å². The molecule has 1 heterocycles. The van der Waals surface area contributed by atoms with Crippen molar-refractivity contribution in [3.63, 3.8) is 0 Å². The van der Waals surface area contributed by atoms with Gasteiger partial charge in [0.2, 0.25) is 0 Å². The molecule has 0 aromatic carbocycles. The number of rotatable bonds is 3. The quantitative estimate of drug-likeness (QED) is 0.733. The van der Waals surface area contributed by atoms with Crippen LogP contribution in [0.2, 0.25) is 0 Å². The fourth-order valence-corrected chi connectivity index (χ4v) is 1.17. The maximum Gasteiger partial charge on any atom is 0.0813 e. The Hall–Kier alpha value is -0.450. The molecule has 0 saturated heterocycles. The van der Waals surface area contributed by atoms with Gasteiger partial charge in [-0.15, -0.1) is 11.3 Å². The first-order valence-electron chi connectivity index (χ1n) is 3.86. The summed E-state index contributed by atoms with van der Waals surface area (Å²) in [5.41, 5.74) is 4.58. The van der Waals surface area contributed by atoms with Gasteiger partial charge in [-0.3, -0.25) is 9.82 Å². The third-order valence-corrected chi connectivity index (χ3v) is 1.89. The molecule has 0 fully saturated rings. The van der Waals surface area contributed by atoms with E-state index in [1.807, 2.05) is 32.5 Å². The normalized spacial score (nSPS) is 11.9. The molecule has 1 rings (SSSR count). The lowest BCUT2D eigenvalue weighted by atomic mass is 10.2. The Bertz CT molecular complexity index is 215. The topological polar surface area (TPSA) is 34.1 Å². The zero-order valence-electron chi connectivity index (χ0n) is 7.63. The lowest BCUT2D eigenvalue weighted by molar-refractivity contribution is -0.0754. The molecule has 68 valence electrons. The Balaban J connectivity index is 2.20. The maximum atomic E-state index is 5.33. The number of aromatic nitrogens is 1. The van der Waals surface area contributed by atoms with Crippen LogP contribution in [0.4, 0.5) is 0 Å². The van der Waals surface area contributed by atoms with Gasteiger partial charge in [0.1, 0.15) is 0 Å². The molecule has 12 heavy (non-hydrogen) atoms. The van der Waals surface area contributed by atoms with Crippen molar-refractivity contribution in [2.45, 2.75) is 32.9 Å². The van der Waals surface area contributed by atoms with Crippen LogP contribution in [0.15, 0.2) is 11.7 Å². The number of thiazole rings is 1. The van der Waals surface area contributed by atoms with Gasteiger partial charge in [0, 0.05) is 11.1 Å². The molecule has 0 radical (unpaired) electrons. The highest BCUT2D eigenvalue weighted by Gasteiger charge is 2.09. The van der Waals surface area contributed by atoms with Gasteiger partial charge in [0.15, 0.2) is 0 Å². The number of nitrogens with one attached hydrogen (secondary N) is 1. The molecule has 3 nitrogen and oxygen atoms in total. The summed E-state index contributed by atoms with van der Waals surface area (Å²) in [6, 6.07) is 0. The molecule has 1 aromatic heterocycles. The standard InChI is InChI=1S/C8H14N2OS/c1-8(2,3)11-10-5-7-4-9-6-12-7/h4,6,10H,5H2,1-3H3. The van der Waals surface area contributed by atoms with Crippen LogP contribution < -0.4 is 5.48 Å². The summed E-state index contributed by atoms with van der Waals surface area (Å²) in [6.07, 6.45) is 1.84. The molecule has 0 bridgehead atoms. The Morgan fingerprint density at radius 2 is 2.33 bits per heavy atom. The van der Waals surface area contributed by atoms with Gasteiger partial charge < -0.3 is 0 Å². The Kier molecular flexibility index (Phi) is 3.20. The van der Waals surface area contributed by atoms with Crippen molar-refractivity contribution in [2.24, 2.45) is 0 Å². The van der Waals surface area contributed by atoms with Crippen LogP contribution in [0.1, 0.15) is 25.6 Å². The van der Waals surface area contributed by atoms with Gasteiger partial charge in [-0.1, -0.05) is 0 Å². The second-order valence-corrected chi connectivity index (χ2v) is 4.47. The highest BCUT2D eigenvalue weighted by Crippen LogP contribution is 2.07. The van der Waals surface area contributed by atoms with Gasteiger partial charge in [0.25, 0.3) is 0 Å². The number of nitrogens with zero attached hydrogens (tertiary/aromatic N) is 1. The molecule has 1 aromatic rings. The Labute approximate surface area is 76.7 Å². The largest absolute Gasteiger partial charge is 0.296 e. The molecule has 0 spiro atoms. The molecule has 0 atom stereocenters. The van der Waals surface area contributed by atoms with E-state index in [9.17, 15) is 0 Å². The zero-order valence-corrected chi connectivity index (χ0v) is 8.44. The fourth-order valence-electron chi connectivity index (χ4n) is 0.653. The molecule has 4 heteroatoms. The summed E-state index contributed by atoms with van der Waals surface area (Å²) in [7, 11) is 0. The summed E-state index contributed by atoms with van der Waals surface area (Å²) >= 11 is 1.62. The highest BCUT2D eigenvalue weighted by atomic mass is 32.1. The van der Waals surface area contributed by atoms with Crippen molar-refractivity contribution < 1.29 is 4.84 Å². The minimum absolute atomic E-state index is 0.134. The maximum absolute atomic E-state index is 5.33. The second-order valence-electron chi connectivity index (χ2n) is 3.50. The molecule has 0 unspecified atom stereocenters. The average molecular weight is 186 g/mol. The number of hydroxylamine groups is 1. The van der Waals surface area contributed by atoms with E-state index in [0.29, 0.717) is 0 Å². The van der Waals surface area contributed by atoms with Crippen LogP contribution in [-0.4, -0.2) is 10.6 Å². The fraction of sp³-hybridized carbons (Fsp3) is 0.625. The SMILES string of the molecule is CC(C)(C)ONCc1cncs1. The van der Waals surface area contributed by atoms with Gasteiger partial charge in [-0.05, 0) is 20.8 Å². The molecule has 0 saturated carbocycles. The molecule has 0 aliphatic carbocycles. The summed E-state index contributed by atoms with van der Waals surface area (Å²) in [6.45, 7) is 6.74. The van der Waals surface area contributed by atoms with Gasteiger partial charge in [-0.2, -0.15) is 5.48 Å². The van der Waals surface area contributed by atoms with E-state index >= 15 is 0 Å². The third-order valence-electron chi connectivity index (χ3n) is 1.11. The van der Waals surface area contributed by atoms with Crippen molar-refractivity contribution in [1.29, 1.82) is 0 Å². The smallest absolute Gasteiger partial charge is 0.0813 e. The second kappa shape index (κ2) is 3.98. The molecule has 0 aliphatic heterocycles. The first kappa shape index (κ1) is 9.64. The Morgan fingerprint density at radius 3 is 2.83 bits per heavy atom. The Morgan fingerprint density at radius 1 is 1.58 bits per heavy atom. The molecule has 1 N–H and O–H groups in total. The van der Waals surface area contributed by atoms with Crippen molar-refractivity contribution in [1.82, 2.24) is 10.5 Å². The van der Waals surface area contributed by atoms with E-state index < -0.39 is 0 Å². The lowest BCUT2D eigenvalue weighted by Gasteiger charge is -2.18. The number of hydrogen-bond donors (Lipinski definition) is 1. The van der Waals surface area contributed by atoms with Crippen molar-refractivity contribution in [3.05, 3.63) is 16.6 Å². The van der Waals surface area contributed by atoms with Crippen LogP contribution in [0.3, 0.4) is 0 Å². The molecular formula is C8H14N2OS. The summed E-state index contributed by atoms with van der Waals surface area (Å²) in [5, 5.41) is 0. The van der Waals surface area contributed by atoms with Gasteiger partial charge in [0.05, 0.1) is 17.7 Å². The summed E-state index contributed by atoms with van der Waals surface area (Å²) in [5.74, 6) is 0. The van der Waals surface area contributed by atoms with E-state index in [0.717, 1.165) is 6.54 Å². The highest BCUT2D eigenvalue weighted by molar-refractivity contribution is 7.09. The molecule has 0 amide bonds. The summed E-state index contributed by atoms with van der Waals surface area (Å²) in [4.78, 5) is 10.5. The van der Waals surface area contributed by atoms with E-state index in [-0.39, 0.29) is 5.60 Å². The zero-order chi connectivity index (χ0) is 9.03. The minimum Gasteiger partial charge on any atom is -0.296 e. The van der Waals surface area contributed by atoms with Gasteiger partial charge >= 0.3 is 0 Å². The first-order chi connectivity index (χ1) is 5.58. The van der Waals surface area contributed by atoms with Gasteiger partial charge in [-0.25, -0.2) is 0 Å². The van der Waals surface area contributed by atoms with Crippen molar-refractivity contribution in [2.75, 3.05) is 0 Å². The monoisotopic (exact) mass is 186 g/mol. The minimum atomic E-state index is -0.134. The molecule has 0 aliphatic rings. The van der Waals surface area contributed by atoms with Crippen LogP contribution in [0, 0.1) is 0 Å². The molecular weight excluding hydrogens is 172 g/mol. The predicted octanol–water partition coefficient (Wildman–Crippen LogP) is 1.96. The van der Waals surface area contributed by atoms with Crippen LogP contribution in [0.5, 0.6) is 0 Å². The van der Waals surface area contributed by atoms with Crippen molar-refractivity contribution >= 4 is 11.3 Å². The van der Waals surface area contributed by atoms with E-state index in [4.69, 9.17) is 4.84 Å². The van der Waals surface area contributed by atoms with E-state index in [1.54, 1.807) is 11.3 Å². The lowest BCUT2D eigenvalue weighted by Crippen LogP contribution is -2.28. The van der Waals surface area contributed by atoms with Crippen molar-refractivity contribution in [3.8, 4) is 0 Å². The predicted molar refractivity (Wildman–Crippen MR) is 49.8 cm³/mol. The average Bonchev–Trinajstić information content (AvgIpc) is 2.36. The van der Waals surface area contributed by atoms with E-state index in [2.05, 4.69) is 10.5 Å². The third kappa shape index (κ3) is 3.80. The van der Waals surface area contributed by atoms with Crippen LogP contribution in [-0.2, 0) is 11.4 Å². The summed E-state index contributed by atoms with van der Waals surface area (Å²) < 4.78 is 0. The number of hydrogen-bond acceptors (Lipinski definition) is 4.